The van der Waals surface area contributed by atoms with Crippen molar-refractivity contribution in [2.45, 2.75) is 63.6 Å². The fourth-order valence-corrected chi connectivity index (χ4v) is 4.47. The molecule has 0 radical (unpaired) electrons. The molecule has 3 aromatic carbocycles. The molecule has 0 aromatic heterocycles. The number of methoxy groups -OCH3 is 1. The molecule has 0 saturated heterocycles. The molecule has 0 aliphatic carbocycles. The maximum atomic E-state index is 11.8. The summed E-state index contributed by atoms with van der Waals surface area (Å²) in [7, 11) is 1.44. The Hall–Kier alpha value is -3.49. The van der Waals surface area contributed by atoms with Crippen LogP contribution >= 0.6 is 0 Å². The fourth-order valence-electron chi connectivity index (χ4n) is 4.47. The van der Waals surface area contributed by atoms with E-state index < -0.39 is 18.2 Å². The van der Waals surface area contributed by atoms with Gasteiger partial charge in [-0.1, -0.05) is 84.9 Å². The highest BCUT2D eigenvalue weighted by Crippen LogP contribution is 2.24. The largest absolute Gasteiger partial charge is 0.496 e. The number of aliphatic hydroxyl groups is 2. The molecule has 7 heteroatoms. The Morgan fingerprint density at radius 3 is 2.17 bits per heavy atom. The molecular weight excluding hydrogens is 508 g/mol. The number of hydrogen-bond donors (Lipinski definition) is 3. The number of ether oxygens (including phenoxy) is 3. The molecule has 3 atom stereocenters. The predicted molar refractivity (Wildman–Crippen MR) is 155 cm³/mol. The lowest BCUT2D eigenvalue weighted by molar-refractivity contribution is -0.00929. The molecule has 0 aliphatic rings. The Labute approximate surface area is 236 Å². The van der Waals surface area contributed by atoms with Gasteiger partial charge in [-0.2, -0.15) is 0 Å². The number of carboxylic acid groups (broad SMARTS) is 1. The van der Waals surface area contributed by atoms with Gasteiger partial charge in [0.2, 0.25) is 0 Å². The Kier molecular flexibility index (Phi) is 13.4. The van der Waals surface area contributed by atoms with E-state index >= 15 is 0 Å². The third-order valence-corrected chi connectivity index (χ3v) is 6.53. The van der Waals surface area contributed by atoms with Crippen LogP contribution in [-0.4, -0.2) is 53.3 Å². The molecule has 0 unspecified atom stereocenters. The summed E-state index contributed by atoms with van der Waals surface area (Å²) in [5, 5.41) is 30.9. The van der Waals surface area contributed by atoms with Crippen LogP contribution in [0, 0.1) is 0 Å². The van der Waals surface area contributed by atoms with Gasteiger partial charge in [-0.05, 0) is 54.9 Å². The molecule has 3 aromatic rings. The smallest absolute Gasteiger partial charge is 0.340 e. The topological polar surface area (TPSA) is 105 Å². The van der Waals surface area contributed by atoms with Gasteiger partial charge in [0.1, 0.15) is 11.3 Å². The van der Waals surface area contributed by atoms with Crippen molar-refractivity contribution in [1.82, 2.24) is 0 Å². The van der Waals surface area contributed by atoms with E-state index in [1.807, 2.05) is 66.7 Å². The molecule has 3 rings (SSSR count). The van der Waals surface area contributed by atoms with Crippen molar-refractivity contribution in [3.05, 3.63) is 107 Å². The highest BCUT2D eigenvalue weighted by atomic mass is 16.5. The van der Waals surface area contributed by atoms with Gasteiger partial charge in [0.25, 0.3) is 0 Å². The van der Waals surface area contributed by atoms with Crippen molar-refractivity contribution in [3.63, 3.8) is 0 Å². The highest BCUT2D eigenvalue weighted by Gasteiger charge is 2.19. The van der Waals surface area contributed by atoms with Crippen molar-refractivity contribution in [1.29, 1.82) is 0 Å². The first kappa shape index (κ1) is 31.0. The van der Waals surface area contributed by atoms with Crippen LogP contribution in [0.15, 0.2) is 84.9 Å². The number of hydrogen-bond acceptors (Lipinski definition) is 6. The molecular formula is C33H40O7. The Morgan fingerprint density at radius 1 is 0.850 bits per heavy atom. The second kappa shape index (κ2) is 17.3. The predicted octanol–water partition coefficient (Wildman–Crippen LogP) is 5.88. The maximum Gasteiger partial charge on any atom is 0.340 e. The minimum absolute atomic E-state index is 0.0962. The van der Waals surface area contributed by atoms with Gasteiger partial charge in [0.15, 0.2) is 0 Å². The quantitative estimate of drug-likeness (QED) is 0.171. The van der Waals surface area contributed by atoms with Crippen LogP contribution in [0.4, 0.5) is 0 Å². The maximum absolute atomic E-state index is 11.8. The first-order chi connectivity index (χ1) is 19.5. The van der Waals surface area contributed by atoms with Gasteiger partial charge in [-0.25, -0.2) is 4.79 Å². The number of carboxylic acids is 1. The van der Waals surface area contributed by atoms with Gasteiger partial charge in [-0.15, -0.1) is 0 Å². The lowest BCUT2D eigenvalue weighted by Crippen LogP contribution is -2.25. The first-order valence-corrected chi connectivity index (χ1v) is 13.7. The van der Waals surface area contributed by atoms with Crippen molar-refractivity contribution in [2.75, 3.05) is 13.7 Å². The second-order valence-electron chi connectivity index (χ2n) is 9.75. The van der Waals surface area contributed by atoms with Gasteiger partial charge in [-0.3, -0.25) is 0 Å². The Balaban J connectivity index is 1.52. The van der Waals surface area contributed by atoms with Crippen LogP contribution < -0.4 is 4.74 Å². The monoisotopic (exact) mass is 548 g/mol. The van der Waals surface area contributed by atoms with Crippen molar-refractivity contribution < 1.29 is 34.3 Å². The average Bonchev–Trinajstić information content (AvgIpc) is 2.96. The lowest BCUT2D eigenvalue weighted by Gasteiger charge is -2.22. The normalized spacial score (nSPS) is 13.7. The summed E-state index contributed by atoms with van der Waals surface area (Å²) < 4.78 is 17.0. The van der Waals surface area contributed by atoms with E-state index in [2.05, 4.69) is 0 Å². The molecule has 0 spiro atoms. The molecule has 0 saturated carbocycles. The zero-order valence-electron chi connectivity index (χ0n) is 23.0. The summed E-state index contributed by atoms with van der Waals surface area (Å²) in [5.41, 5.74) is 2.75. The summed E-state index contributed by atoms with van der Waals surface area (Å²) in [6.45, 7) is 1.46. The van der Waals surface area contributed by atoms with E-state index in [0.717, 1.165) is 11.1 Å². The molecule has 0 bridgehead atoms. The highest BCUT2D eigenvalue weighted by molar-refractivity contribution is 5.95. The van der Waals surface area contributed by atoms with Crippen LogP contribution in [0.25, 0.3) is 6.08 Å². The average molecular weight is 549 g/mol. The van der Waals surface area contributed by atoms with Gasteiger partial charge < -0.3 is 29.5 Å². The summed E-state index contributed by atoms with van der Waals surface area (Å²) >= 11 is 0. The third kappa shape index (κ3) is 10.9. The minimum atomic E-state index is -1.07. The minimum Gasteiger partial charge on any atom is -0.496 e. The van der Waals surface area contributed by atoms with Crippen molar-refractivity contribution in [2.24, 2.45) is 0 Å². The van der Waals surface area contributed by atoms with Crippen molar-refractivity contribution >= 4 is 12.0 Å². The Bertz CT molecular complexity index is 1160. The molecule has 3 N–H and O–H groups in total. The van der Waals surface area contributed by atoms with Crippen LogP contribution in [-0.2, 0) is 22.7 Å². The molecule has 0 aliphatic heterocycles. The SMILES string of the molecule is COc1cccc(/C=C/C[C@H](C[C@@H](O)C[C@@H](O)CCCOCc2ccccc2)OCc2ccccc2)c1C(=O)O. The first-order valence-electron chi connectivity index (χ1n) is 13.7. The van der Waals surface area contributed by atoms with Gasteiger partial charge >= 0.3 is 5.97 Å². The van der Waals surface area contributed by atoms with E-state index in [1.165, 1.54) is 7.11 Å². The molecule has 40 heavy (non-hydrogen) atoms. The van der Waals surface area contributed by atoms with Crippen molar-refractivity contribution in [3.8, 4) is 5.75 Å². The molecule has 214 valence electrons. The third-order valence-electron chi connectivity index (χ3n) is 6.53. The lowest BCUT2D eigenvalue weighted by atomic mass is 10.00. The molecule has 0 heterocycles. The van der Waals surface area contributed by atoms with Gasteiger partial charge in [0, 0.05) is 6.61 Å². The summed E-state index contributed by atoms with van der Waals surface area (Å²) in [4.78, 5) is 11.8. The molecule has 7 nitrogen and oxygen atoms in total. The van der Waals surface area contributed by atoms with E-state index in [9.17, 15) is 20.1 Å². The number of carbonyl (C=O) groups is 1. The van der Waals surface area contributed by atoms with E-state index in [4.69, 9.17) is 14.2 Å². The number of aliphatic hydroxyl groups excluding tert-OH is 2. The Morgan fingerprint density at radius 2 is 1.52 bits per heavy atom. The fraction of sp³-hybridized carbons (Fsp3) is 0.364. The summed E-state index contributed by atoms with van der Waals surface area (Å²) in [6.07, 6.45) is 4.15. The standard InChI is InChI=1S/C33H40O7/c1-38-31-19-9-16-27(32(31)33(36)37)15-8-18-30(40-24-26-13-6-3-7-14-26)22-29(35)21-28(34)17-10-20-39-23-25-11-4-2-5-12-25/h2-9,11-16,19,28-30,34-35H,10,17-18,20-24H2,1H3,(H,36,37)/b15-8+/t28-,29-,30+/m0/s1. The van der Waals surface area contributed by atoms with E-state index in [-0.39, 0.29) is 18.1 Å². The van der Waals surface area contributed by atoms with E-state index in [0.29, 0.717) is 56.8 Å². The van der Waals surface area contributed by atoms with E-state index in [1.54, 1.807) is 24.3 Å². The number of benzene rings is 3. The molecule has 0 amide bonds. The zero-order chi connectivity index (χ0) is 28.6. The number of aromatic carboxylic acids is 1. The summed E-state index contributed by atoms with van der Waals surface area (Å²) in [5.74, 6) is -0.773. The zero-order valence-corrected chi connectivity index (χ0v) is 23.0. The second-order valence-corrected chi connectivity index (χ2v) is 9.75. The van der Waals surface area contributed by atoms with Crippen LogP contribution in [0.3, 0.4) is 0 Å². The molecule has 0 fully saturated rings. The van der Waals surface area contributed by atoms with Crippen LogP contribution in [0.1, 0.15) is 59.2 Å². The van der Waals surface area contributed by atoms with Crippen LogP contribution in [0.5, 0.6) is 5.75 Å². The van der Waals surface area contributed by atoms with Crippen LogP contribution in [0.2, 0.25) is 0 Å². The number of rotatable bonds is 18. The summed E-state index contributed by atoms with van der Waals surface area (Å²) in [6, 6.07) is 24.8. The van der Waals surface area contributed by atoms with Gasteiger partial charge in [0.05, 0.1) is 38.6 Å².